The molecule has 1 aromatic carbocycles. The Morgan fingerprint density at radius 1 is 1.40 bits per heavy atom. The molecule has 1 fully saturated rings. The minimum absolute atomic E-state index is 0.0306. The first-order valence-corrected chi connectivity index (χ1v) is 5.28. The maximum atomic E-state index is 11.9. The van der Waals surface area contributed by atoms with E-state index in [0.717, 1.165) is 5.69 Å². The average molecular weight is 220 g/mol. The van der Waals surface area contributed by atoms with Crippen LogP contribution in [-0.2, 0) is 4.79 Å². The van der Waals surface area contributed by atoms with E-state index in [0.29, 0.717) is 11.7 Å². The van der Waals surface area contributed by atoms with Gasteiger partial charge in [0.1, 0.15) is 0 Å². The minimum atomic E-state index is -0.0306. The quantitative estimate of drug-likeness (QED) is 0.729. The zero-order valence-corrected chi connectivity index (χ0v) is 9.25. The molecule has 1 atom stereocenters. The van der Waals surface area contributed by atoms with Crippen LogP contribution in [0.15, 0.2) is 30.3 Å². The summed E-state index contributed by atoms with van der Waals surface area (Å²) < 4.78 is 0. The first-order valence-electron chi connectivity index (χ1n) is 4.87. The maximum absolute atomic E-state index is 11.9. The third-order valence-corrected chi connectivity index (χ3v) is 2.75. The van der Waals surface area contributed by atoms with Crippen LogP contribution < -0.4 is 10.2 Å². The van der Waals surface area contributed by atoms with Crippen LogP contribution in [0.5, 0.6) is 0 Å². The van der Waals surface area contributed by atoms with Gasteiger partial charge in [0.25, 0.3) is 0 Å². The summed E-state index contributed by atoms with van der Waals surface area (Å²) >= 11 is 5.13. The van der Waals surface area contributed by atoms with E-state index in [4.69, 9.17) is 12.2 Å². The van der Waals surface area contributed by atoms with Gasteiger partial charge in [-0.05, 0) is 24.4 Å². The lowest BCUT2D eigenvalue weighted by atomic mass is 10.1. The van der Waals surface area contributed by atoms with Crippen molar-refractivity contribution in [2.75, 3.05) is 11.4 Å². The number of hydrogen-bond acceptors (Lipinski definition) is 2. The molecule has 0 radical (unpaired) electrons. The van der Waals surface area contributed by atoms with Gasteiger partial charge >= 0.3 is 0 Å². The Labute approximate surface area is 94.1 Å². The summed E-state index contributed by atoms with van der Waals surface area (Å²) in [6.45, 7) is 2.52. The monoisotopic (exact) mass is 220 g/mol. The first-order chi connectivity index (χ1) is 7.20. The van der Waals surface area contributed by atoms with E-state index in [1.165, 1.54) is 0 Å². The Bertz CT molecular complexity index is 391. The second kappa shape index (κ2) is 3.98. The van der Waals surface area contributed by atoms with Gasteiger partial charge in [-0.25, -0.2) is 0 Å². The van der Waals surface area contributed by atoms with Crippen LogP contribution in [0.2, 0.25) is 0 Å². The van der Waals surface area contributed by atoms with Gasteiger partial charge < -0.3 is 5.32 Å². The highest BCUT2D eigenvalue weighted by atomic mass is 32.1. The van der Waals surface area contributed by atoms with Crippen molar-refractivity contribution in [1.29, 1.82) is 0 Å². The van der Waals surface area contributed by atoms with Crippen LogP contribution in [0.1, 0.15) is 6.92 Å². The molecule has 0 aromatic heterocycles. The Morgan fingerprint density at radius 2 is 2.07 bits per heavy atom. The lowest BCUT2D eigenvalue weighted by molar-refractivity contribution is -0.121. The maximum Gasteiger partial charge on any atom is 0.237 e. The number of anilines is 1. The Kier molecular flexibility index (Phi) is 2.68. The second-order valence-electron chi connectivity index (χ2n) is 3.60. The van der Waals surface area contributed by atoms with E-state index in [1.807, 2.05) is 37.3 Å². The summed E-state index contributed by atoms with van der Waals surface area (Å²) in [5.41, 5.74) is 0.826. The van der Waals surface area contributed by atoms with Crippen molar-refractivity contribution >= 4 is 28.9 Å². The molecule has 0 aliphatic carbocycles. The fourth-order valence-corrected chi connectivity index (χ4v) is 1.83. The molecule has 3 nitrogen and oxygen atoms in total. The van der Waals surface area contributed by atoms with E-state index in [9.17, 15) is 4.79 Å². The van der Waals surface area contributed by atoms with Gasteiger partial charge in [0.05, 0.1) is 11.6 Å². The van der Waals surface area contributed by atoms with Gasteiger partial charge in [-0.15, -0.1) is 0 Å². The molecule has 1 amide bonds. The van der Waals surface area contributed by atoms with Gasteiger partial charge in [0, 0.05) is 6.54 Å². The van der Waals surface area contributed by atoms with Crippen molar-refractivity contribution in [3.8, 4) is 0 Å². The van der Waals surface area contributed by atoms with E-state index in [1.54, 1.807) is 4.90 Å². The van der Waals surface area contributed by atoms with Crippen molar-refractivity contribution in [3.63, 3.8) is 0 Å². The number of amides is 1. The van der Waals surface area contributed by atoms with E-state index in [-0.39, 0.29) is 11.8 Å². The number of carbonyl (C=O) groups is 1. The third kappa shape index (κ3) is 1.85. The Morgan fingerprint density at radius 3 is 2.73 bits per heavy atom. The van der Waals surface area contributed by atoms with Gasteiger partial charge in [-0.2, -0.15) is 0 Å². The molecule has 1 heterocycles. The topological polar surface area (TPSA) is 32.3 Å². The molecule has 78 valence electrons. The molecule has 1 aliphatic heterocycles. The first kappa shape index (κ1) is 10.1. The van der Waals surface area contributed by atoms with Crippen LogP contribution in [0.3, 0.4) is 0 Å². The molecule has 1 N–H and O–H groups in total. The average Bonchev–Trinajstić information content (AvgIpc) is 2.26. The molecule has 1 aliphatic rings. The van der Waals surface area contributed by atoms with Crippen LogP contribution in [0, 0.1) is 5.92 Å². The number of nitrogens with one attached hydrogen (secondary N) is 1. The fraction of sp³-hybridized carbons (Fsp3) is 0.273. The second-order valence-corrected chi connectivity index (χ2v) is 3.98. The largest absolute Gasteiger partial charge is 0.361 e. The molecule has 0 bridgehead atoms. The molecular weight excluding hydrogens is 208 g/mol. The highest BCUT2D eigenvalue weighted by Crippen LogP contribution is 2.19. The van der Waals surface area contributed by atoms with Gasteiger partial charge in [-0.1, -0.05) is 25.1 Å². The summed E-state index contributed by atoms with van der Waals surface area (Å²) in [6, 6.07) is 9.46. The fourth-order valence-electron chi connectivity index (χ4n) is 1.55. The number of carbonyl (C=O) groups excluding carboxylic acids is 1. The van der Waals surface area contributed by atoms with E-state index < -0.39 is 0 Å². The van der Waals surface area contributed by atoms with Gasteiger partial charge in [0.2, 0.25) is 5.91 Å². The lowest BCUT2D eigenvalue weighted by Gasteiger charge is -2.31. The van der Waals surface area contributed by atoms with Crippen LogP contribution in [0.4, 0.5) is 5.69 Å². The highest BCUT2D eigenvalue weighted by molar-refractivity contribution is 7.80. The van der Waals surface area contributed by atoms with Crippen LogP contribution in [0.25, 0.3) is 0 Å². The number of hydrogen-bond donors (Lipinski definition) is 1. The Hall–Kier alpha value is -1.42. The molecule has 1 saturated heterocycles. The molecule has 4 heteroatoms. The number of para-hydroxylation sites is 1. The van der Waals surface area contributed by atoms with Crippen molar-refractivity contribution in [2.45, 2.75) is 6.92 Å². The van der Waals surface area contributed by atoms with E-state index >= 15 is 0 Å². The molecular formula is C11H12N2OS. The highest BCUT2D eigenvalue weighted by Gasteiger charge is 2.29. The zero-order chi connectivity index (χ0) is 10.8. The summed E-state index contributed by atoms with van der Waals surface area (Å²) in [4.78, 5) is 13.5. The predicted octanol–water partition coefficient (Wildman–Crippen LogP) is 1.54. The molecule has 0 saturated carbocycles. The van der Waals surface area contributed by atoms with Crippen molar-refractivity contribution in [3.05, 3.63) is 30.3 Å². The SMILES string of the molecule is C[C@H]1CNC(=S)N(c2ccccc2)C1=O. The third-order valence-electron chi connectivity index (χ3n) is 2.42. The van der Waals surface area contributed by atoms with Crippen LogP contribution >= 0.6 is 12.2 Å². The lowest BCUT2D eigenvalue weighted by Crippen LogP contribution is -2.54. The molecule has 0 unspecified atom stereocenters. The summed E-state index contributed by atoms with van der Waals surface area (Å²) in [5.74, 6) is 0.0295. The predicted molar refractivity (Wildman–Crippen MR) is 63.7 cm³/mol. The molecule has 2 rings (SSSR count). The normalized spacial score (nSPS) is 21.4. The van der Waals surface area contributed by atoms with Crippen molar-refractivity contribution in [1.82, 2.24) is 5.32 Å². The Balaban J connectivity index is 2.34. The van der Waals surface area contributed by atoms with E-state index in [2.05, 4.69) is 5.32 Å². The summed E-state index contributed by atoms with van der Waals surface area (Å²) in [6.07, 6.45) is 0. The van der Waals surface area contributed by atoms with Crippen LogP contribution in [-0.4, -0.2) is 17.6 Å². The molecule has 1 aromatic rings. The standard InChI is InChI=1S/C11H12N2OS/c1-8-7-12-11(15)13(10(8)14)9-5-3-2-4-6-9/h2-6,8H,7H2,1H3,(H,12,15)/t8-/m0/s1. The van der Waals surface area contributed by atoms with Crippen molar-refractivity contribution in [2.24, 2.45) is 5.92 Å². The molecule has 0 spiro atoms. The van der Waals surface area contributed by atoms with Gasteiger partial charge in [-0.3, -0.25) is 9.69 Å². The summed E-state index contributed by atoms with van der Waals surface area (Å²) in [5, 5.41) is 3.54. The number of benzene rings is 1. The molecule has 15 heavy (non-hydrogen) atoms. The minimum Gasteiger partial charge on any atom is -0.361 e. The van der Waals surface area contributed by atoms with Crippen molar-refractivity contribution < 1.29 is 4.79 Å². The zero-order valence-electron chi connectivity index (χ0n) is 8.43. The number of thiocarbonyl (C=S) groups is 1. The number of rotatable bonds is 1. The number of nitrogens with zero attached hydrogens (tertiary/aromatic N) is 1. The smallest absolute Gasteiger partial charge is 0.237 e. The van der Waals surface area contributed by atoms with Gasteiger partial charge in [0.15, 0.2) is 5.11 Å². The summed E-state index contributed by atoms with van der Waals surface area (Å²) in [7, 11) is 0.